The van der Waals surface area contributed by atoms with Crippen LogP contribution in [0.25, 0.3) is 0 Å². The summed E-state index contributed by atoms with van der Waals surface area (Å²) in [6.45, 7) is 11.7. The summed E-state index contributed by atoms with van der Waals surface area (Å²) in [4.78, 5) is 23.2. The van der Waals surface area contributed by atoms with Gasteiger partial charge in [0.1, 0.15) is 0 Å². The van der Waals surface area contributed by atoms with E-state index < -0.39 is 0 Å². The van der Waals surface area contributed by atoms with E-state index in [-0.39, 0.29) is 11.9 Å². The Morgan fingerprint density at radius 1 is 0.875 bits per heavy atom. The molecule has 3 rings (SSSR count). The minimum atomic E-state index is -0.273. The number of carbonyl (C=O) groups excluding carboxylic acids is 2. The summed E-state index contributed by atoms with van der Waals surface area (Å²) in [5.41, 5.74) is 0.938. The molecule has 0 aromatic carbocycles. The lowest BCUT2D eigenvalue weighted by Gasteiger charge is -2.33. The molecule has 6 unspecified atom stereocenters. The summed E-state index contributed by atoms with van der Waals surface area (Å²) in [5, 5.41) is 0. The molecule has 3 aliphatic carbocycles. The van der Waals surface area contributed by atoms with Gasteiger partial charge in [0.05, 0.1) is 13.2 Å². The van der Waals surface area contributed by atoms with Crippen LogP contribution in [0.2, 0.25) is 0 Å². The van der Waals surface area contributed by atoms with Crippen molar-refractivity contribution in [2.24, 2.45) is 35.5 Å². The first-order valence-electron chi connectivity index (χ1n) is 9.03. The Morgan fingerprint density at radius 2 is 1.46 bits per heavy atom. The number of ether oxygens (including phenoxy) is 2. The van der Waals surface area contributed by atoms with Crippen LogP contribution in [0.1, 0.15) is 39.5 Å². The molecule has 0 N–H and O–H groups in total. The molecule has 2 bridgehead atoms. The first-order chi connectivity index (χ1) is 11.4. The van der Waals surface area contributed by atoms with E-state index in [0.717, 1.165) is 12.8 Å². The van der Waals surface area contributed by atoms with E-state index in [1.54, 1.807) is 13.8 Å². The lowest BCUT2D eigenvalue weighted by atomic mass is 9.73. The summed E-state index contributed by atoms with van der Waals surface area (Å²) in [6, 6.07) is 0. The van der Waals surface area contributed by atoms with Crippen molar-refractivity contribution in [2.75, 3.05) is 13.2 Å². The molecular weight excluding hydrogens is 304 g/mol. The van der Waals surface area contributed by atoms with Crippen molar-refractivity contribution in [1.82, 2.24) is 0 Å². The third-order valence-corrected chi connectivity index (χ3v) is 6.34. The molecular formula is C20H28O4. The normalized spacial score (nSPS) is 36.2. The molecule has 0 aromatic rings. The average Bonchev–Trinajstić information content (AvgIpc) is 3.21. The SMILES string of the molecule is C=C(C)C(=O)OCC1CC2CC1C1CCC(COC(=O)C(=C)C)C21. The van der Waals surface area contributed by atoms with E-state index >= 15 is 0 Å². The van der Waals surface area contributed by atoms with Gasteiger partial charge in [-0.15, -0.1) is 0 Å². The first kappa shape index (κ1) is 17.2. The Hall–Kier alpha value is -1.58. The highest BCUT2D eigenvalue weighted by Gasteiger charge is 2.57. The van der Waals surface area contributed by atoms with Crippen molar-refractivity contribution >= 4 is 11.9 Å². The van der Waals surface area contributed by atoms with Crippen molar-refractivity contribution < 1.29 is 19.1 Å². The zero-order valence-corrected chi connectivity index (χ0v) is 14.8. The second-order valence-corrected chi connectivity index (χ2v) is 7.99. The molecule has 3 aliphatic rings. The molecule has 3 fully saturated rings. The van der Waals surface area contributed by atoms with Crippen LogP contribution in [0.4, 0.5) is 0 Å². The lowest BCUT2D eigenvalue weighted by Crippen LogP contribution is -2.31. The van der Waals surface area contributed by atoms with Crippen LogP contribution >= 0.6 is 0 Å². The number of carbonyl (C=O) groups is 2. The molecule has 0 amide bonds. The van der Waals surface area contributed by atoms with Crippen molar-refractivity contribution in [3.8, 4) is 0 Å². The van der Waals surface area contributed by atoms with Crippen LogP contribution < -0.4 is 0 Å². The fourth-order valence-electron chi connectivity index (χ4n) is 5.41. The second kappa shape index (κ2) is 6.73. The smallest absolute Gasteiger partial charge is 0.333 e. The number of hydrogen-bond acceptors (Lipinski definition) is 4. The number of rotatable bonds is 6. The fraction of sp³-hybridized carbons (Fsp3) is 0.700. The Kier molecular flexibility index (Phi) is 4.84. The predicted molar refractivity (Wildman–Crippen MR) is 91.0 cm³/mol. The quantitative estimate of drug-likeness (QED) is 0.551. The van der Waals surface area contributed by atoms with Crippen molar-refractivity contribution in [2.45, 2.75) is 39.5 Å². The van der Waals surface area contributed by atoms with Crippen LogP contribution in [0, 0.1) is 35.5 Å². The summed E-state index contributed by atoms with van der Waals surface area (Å²) in [7, 11) is 0. The van der Waals surface area contributed by atoms with Crippen LogP contribution in [-0.4, -0.2) is 25.2 Å². The fourth-order valence-corrected chi connectivity index (χ4v) is 5.41. The van der Waals surface area contributed by atoms with E-state index in [1.165, 1.54) is 12.8 Å². The highest BCUT2D eigenvalue weighted by molar-refractivity contribution is 5.87. The Morgan fingerprint density at radius 3 is 2.04 bits per heavy atom. The molecule has 3 saturated carbocycles. The van der Waals surface area contributed by atoms with Gasteiger partial charge < -0.3 is 9.47 Å². The minimum Gasteiger partial charge on any atom is -0.462 e. The summed E-state index contributed by atoms with van der Waals surface area (Å²) < 4.78 is 10.8. The van der Waals surface area contributed by atoms with Crippen molar-refractivity contribution in [3.05, 3.63) is 24.3 Å². The monoisotopic (exact) mass is 332 g/mol. The van der Waals surface area contributed by atoms with E-state index in [4.69, 9.17) is 9.47 Å². The molecule has 4 nitrogen and oxygen atoms in total. The standard InChI is InChI=1S/C20H28O4/c1-11(2)19(21)23-9-13-5-6-16-17-8-14(18(13)16)7-15(17)10-24-20(22)12(3)4/h13-18H,1,3,5-10H2,2,4H3. The zero-order chi connectivity index (χ0) is 17.4. The summed E-state index contributed by atoms with van der Waals surface area (Å²) >= 11 is 0. The number of esters is 2. The van der Waals surface area contributed by atoms with Crippen molar-refractivity contribution in [1.29, 1.82) is 0 Å². The van der Waals surface area contributed by atoms with Crippen LogP contribution in [0.15, 0.2) is 24.3 Å². The van der Waals surface area contributed by atoms with Gasteiger partial charge in [-0.25, -0.2) is 9.59 Å². The molecule has 24 heavy (non-hydrogen) atoms. The van der Waals surface area contributed by atoms with Gasteiger partial charge in [-0.3, -0.25) is 0 Å². The maximum atomic E-state index is 11.6. The van der Waals surface area contributed by atoms with Crippen LogP contribution in [-0.2, 0) is 19.1 Å². The highest BCUT2D eigenvalue weighted by atomic mass is 16.5. The second-order valence-electron chi connectivity index (χ2n) is 7.99. The van der Waals surface area contributed by atoms with Crippen molar-refractivity contribution in [3.63, 3.8) is 0 Å². The largest absolute Gasteiger partial charge is 0.462 e. The maximum absolute atomic E-state index is 11.6. The van der Waals surface area contributed by atoms with Gasteiger partial charge in [0.25, 0.3) is 0 Å². The predicted octanol–water partition coefficient (Wildman–Crippen LogP) is 3.52. The molecule has 0 saturated heterocycles. The van der Waals surface area contributed by atoms with Gasteiger partial charge in [0.2, 0.25) is 0 Å². The molecule has 0 radical (unpaired) electrons. The lowest BCUT2D eigenvalue weighted by molar-refractivity contribution is -0.141. The number of hydrogen-bond donors (Lipinski definition) is 0. The molecule has 4 heteroatoms. The average molecular weight is 332 g/mol. The maximum Gasteiger partial charge on any atom is 0.333 e. The van der Waals surface area contributed by atoms with E-state index in [0.29, 0.717) is 59.9 Å². The minimum absolute atomic E-state index is 0.272. The third kappa shape index (κ3) is 3.15. The Labute approximate surface area is 144 Å². The topological polar surface area (TPSA) is 52.6 Å². The van der Waals surface area contributed by atoms with Gasteiger partial charge in [-0.2, -0.15) is 0 Å². The van der Waals surface area contributed by atoms with Crippen LogP contribution in [0.3, 0.4) is 0 Å². The summed E-state index contributed by atoms with van der Waals surface area (Å²) in [6.07, 6.45) is 4.74. The molecule has 0 aliphatic heterocycles. The van der Waals surface area contributed by atoms with E-state index in [9.17, 15) is 9.59 Å². The molecule has 132 valence electrons. The van der Waals surface area contributed by atoms with E-state index in [1.807, 2.05) is 0 Å². The molecule has 0 spiro atoms. The Bertz CT molecular complexity index is 564. The van der Waals surface area contributed by atoms with Gasteiger partial charge >= 0.3 is 11.9 Å². The van der Waals surface area contributed by atoms with Gasteiger partial charge in [0, 0.05) is 11.1 Å². The first-order valence-corrected chi connectivity index (χ1v) is 9.03. The van der Waals surface area contributed by atoms with E-state index in [2.05, 4.69) is 13.2 Å². The molecule has 0 aromatic heterocycles. The highest BCUT2D eigenvalue weighted by Crippen LogP contribution is 2.62. The zero-order valence-electron chi connectivity index (χ0n) is 14.8. The number of fused-ring (bicyclic) bond motifs is 5. The molecule has 0 heterocycles. The van der Waals surface area contributed by atoms with Gasteiger partial charge in [-0.1, -0.05) is 13.2 Å². The van der Waals surface area contributed by atoms with Gasteiger partial charge in [0.15, 0.2) is 0 Å². The Balaban J connectivity index is 1.53. The van der Waals surface area contributed by atoms with Crippen LogP contribution in [0.5, 0.6) is 0 Å². The van der Waals surface area contributed by atoms with Gasteiger partial charge in [-0.05, 0) is 75.0 Å². The molecule has 6 atom stereocenters. The third-order valence-electron chi connectivity index (χ3n) is 6.34. The summed E-state index contributed by atoms with van der Waals surface area (Å²) in [5.74, 6) is 3.20.